The minimum Gasteiger partial charge on any atom is -0.396 e. The van der Waals surface area contributed by atoms with Crippen LogP contribution in [0.5, 0.6) is 0 Å². The molecule has 0 radical (unpaired) electrons. The number of benzene rings is 2. The van der Waals surface area contributed by atoms with E-state index in [-0.39, 0.29) is 18.6 Å². The van der Waals surface area contributed by atoms with E-state index in [4.69, 9.17) is 5.11 Å². The minimum absolute atomic E-state index is 0.00266. The number of aliphatic hydroxyl groups is 1. The van der Waals surface area contributed by atoms with Crippen molar-refractivity contribution in [1.82, 2.24) is 0 Å². The van der Waals surface area contributed by atoms with Crippen molar-refractivity contribution in [3.63, 3.8) is 0 Å². The Hall–Kier alpha value is -1.74. The summed E-state index contributed by atoms with van der Waals surface area (Å²) in [6, 6.07) is 10.8. The Morgan fingerprint density at radius 3 is 2.04 bits per heavy atom. The molecule has 1 aliphatic rings. The van der Waals surface area contributed by atoms with Crippen LogP contribution in [0.25, 0.3) is 11.1 Å². The summed E-state index contributed by atoms with van der Waals surface area (Å²) in [6.07, 6.45) is 6.33. The van der Waals surface area contributed by atoms with Crippen LogP contribution >= 0.6 is 0 Å². The zero-order chi connectivity index (χ0) is 17.8. The van der Waals surface area contributed by atoms with Gasteiger partial charge in [-0.25, -0.2) is 8.78 Å². The van der Waals surface area contributed by atoms with Crippen LogP contribution < -0.4 is 0 Å². The van der Waals surface area contributed by atoms with Crippen molar-refractivity contribution in [2.24, 2.45) is 5.92 Å². The zero-order valence-corrected chi connectivity index (χ0v) is 14.8. The predicted molar refractivity (Wildman–Crippen MR) is 97.6 cm³/mol. The molecule has 0 amide bonds. The fourth-order valence-corrected chi connectivity index (χ4v) is 3.97. The average molecular weight is 344 g/mol. The van der Waals surface area contributed by atoms with Gasteiger partial charge in [-0.15, -0.1) is 0 Å². The fraction of sp³-hybridized carbons (Fsp3) is 0.455. The lowest BCUT2D eigenvalue weighted by Crippen LogP contribution is -2.12. The first-order valence-electron chi connectivity index (χ1n) is 9.31. The summed E-state index contributed by atoms with van der Waals surface area (Å²) >= 11 is 0. The number of hydrogen-bond donors (Lipinski definition) is 1. The zero-order valence-electron chi connectivity index (χ0n) is 14.8. The van der Waals surface area contributed by atoms with Crippen LogP contribution in [0.1, 0.15) is 56.1 Å². The SMILES string of the molecule is CCC1CCC(c2ccc(-c3cc(F)c(CCO)c(F)c3)cc2)CC1. The molecular formula is C22H26F2O. The molecule has 0 bridgehead atoms. The van der Waals surface area contributed by atoms with Crippen LogP contribution in [-0.2, 0) is 6.42 Å². The van der Waals surface area contributed by atoms with Crippen molar-refractivity contribution in [3.05, 3.63) is 59.2 Å². The number of rotatable bonds is 5. The maximum atomic E-state index is 14.1. The van der Waals surface area contributed by atoms with Crippen molar-refractivity contribution in [3.8, 4) is 11.1 Å². The molecule has 0 aliphatic heterocycles. The number of aliphatic hydroxyl groups excluding tert-OH is 1. The molecule has 0 aromatic heterocycles. The third-order valence-electron chi connectivity index (χ3n) is 5.64. The van der Waals surface area contributed by atoms with Crippen molar-refractivity contribution in [1.29, 1.82) is 0 Å². The van der Waals surface area contributed by atoms with Gasteiger partial charge in [0.05, 0.1) is 0 Å². The summed E-state index contributed by atoms with van der Waals surface area (Å²) in [5.41, 5.74) is 2.64. The standard InChI is InChI=1S/C22H26F2O/c1-2-15-3-5-16(6-4-15)17-7-9-18(10-8-17)19-13-21(23)20(11-12-25)22(24)14-19/h7-10,13-16,25H,2-6,11-12H2,1H3. The summed E-state index contributed by atoms with van der Waals surface area (Å²) < 4.78 is 28.1. The van der Waals surface area contributed by atoms with Crippen LogP contribution in [0.3, 0.4) is 0 Å². The fourth-order valence-electron chi connectivity index (χ4n) is 3.97. The van der Waals surface area contributed by atoms with Crippen molar-refractivity contribution < 1.29 is 13.9 Å². The van der Waals surface area contributed by atoms with Crippen LogP contribution in [0, 0.1) is 17.6 Å². The lowest BCUT2D eigenvalue weighted by molar-refractivity contribution is 0.295. The van der Waals surface area contributed by atoms with Gasteiger partial charge < -0.3 is 5.11 Å². The van der Waals surface area contributed by atoms with Crippen LogP contribution in [0.15, 0.2) is 36.4 Å². The molecule has 1 saturated carbocycles. The smallest absolute Gasteiger partial charge is 0.130 e. The van der Waals surface area contributed by atoms with Gasteiger partial charge in [-0.2, -0.15) is 0 Å². The summed E-state index contributed by atoms with van der Waals surface area (Å²) in [5, 5.41) is 8.91. The molecule has 3 rings (SSSR count). The van der Waals surface area contributed by atoms with Gasteiger partial charge in [-0.1, -0.05) is 37.6 Å². The molecule has 1 fully saturated rings. The molecule has 134 valence electrons. The Kier molecular flexibility index (Phi) is 5.85. The van der Waals surface area contributed by atoms with Crippen LogP contribution in [-0.4, -0.2) is 11.7 Å². The Morgan fingerprint density at radius 2 is 1.52 bits per heavy atom. The lowest BCUT2D eigenvalue weighted by Gasteiger charge is -2.28. The highest BCUT2D eigenvalue weighted by atomic mass is 19.1. The largest absolute Gasteiger partial charge is 0.396 e. The molecular weight excluding hydrogens is 318 g/mol. The highest BCUT2D eigenvalue weighted by molar-refractivity contribution is 5.64. The van der Waals surface area contributed by atoms with Gasteiger partial charge in [0.25, 0.3) is 0 Å². The van der Waals surface area contributed by atoms with E-state index >= 15 is 0 Å². The van der Waals surface area contributed by atoms with Gasteiger partial charge in [0.1, 0.15) is 11.6 Å². The molecule has 1 nitrogen and oxygen atoms in total. The normalized spacial score (nSPS) is 20.6. The molecule has 0 unspecified atom stereocenters. The van der Waals surface area contributed by atoms with Crippen LogP contribution in [0.4, 0.5) is 8.78 Å². The van der Waals surface area contributed by atoms with E-state index in [9.17, 15) is 8.78 Å². The molecule has 2 aromatic carbocycles. The quantitative estimate of drug-likeness (QED) is 0.721. The molecule has 1 aliphatic carbocycles. The first kappa shape index (κ1) is 18.1. The van der Waals surface area contributed by atoms with Gasteiger partial charge in [-0.05, 0) is 66.3 Å². The van der Waals surface area contributed by atoms with Crippen molar-refractivity contribution in [2.75, 3.05) is 6.61 Å². The van der Waals surface area contributed by atoms with E-state index in [0.717, 1.165) is 11.5 Å². The Bertz CT molecular complexity index is 677. The highest BCUT2D eigenvalue weighted by Gasteiger charge is 2.21. The van der Waals surface area contributed by atoms with E-state index in [0.29, 0.717) is 11.5 Å². The van der Waals surface area contributed by atoms with Gasteiger partial charge in [0.2, 0.25) is 0 Å². The van der Waals surface area contributed by atoms with Crippen molar-refractivity contribution >= 4 is 0 Å². The van der Waals surface area contributed by atoms with Gasteiger partial charge >= 0.3 is 0 Å². The van der Waals surface area contributed by atoms with Crippen molar-refractivity contribution in [2.45, 2.75) is 51.4 Å². The van der Waals surface area contributed by atoms with Gasteiger partial charge in [-0.3, -0.25) is 0 Å². The summed E-state index contributed by atoms with van der Waals surface area (Å²) in [7, 11) is 0. The van der Waals surface area contributed by atoms with E-state index in [1.807, 2.05) is 12.1 Å². The predicted octanol–water partition coefficient (Wildman–Crippen LogP) is 5.85. The molecule has 2 aromatic rings. The second-order valence-corrected chi connectivity index (χ2v) is 7.14. The second-order valence-electron chi connectivity index (χ2n) is 7.14. The van der Waals surface area contributed by atoms with Gasteiger partial charge in [0, 0.05) is 18.6 Å². The molecule has 3 heteroatoms. The molecule has 0 saturated heterocycles. The molecule has 25 heavy (non-hydrogen) atoms. The Labute approximate surface area is 148 Å². The van der Waals surface area contributed by atoms with E-state index in [2.05, 4.69) is 19.1 Å². The van der Waals surface area contributed by atoms with E-state index in [1.54, 1.807) is 0 Å². The molecule has 0 spiro atoms. The monoisotopic (exact) mass is 344 g/mol. The van der Waals surface area contributed by atoms with E-state index < -0.39 is 11.6 Å². The minimum atomic E-state index is -0.592. The summed E-state index contributed by atoms with van der Waals surface area (Å²) in [4.78, 5) is 0. The topological polar surface area (TPSA) is 20.2 Å². The molecule has 0 atom stereocenters. The average Bonchev–Trinajstić information content (AvgIpc) is 2.65. The highest BCUT2D eigenvalue weighted by Crippen LogP contribution is 2.37. The van der Waals surface area contributed by atoms with E-state index in [1.165, 1.54) is 49.8 Å². The molecule has 0 heterocycles. The summed E-state index contributed by atoms with van der Waals surface area (Å²) in [5.74, 6) is 0.299. The molecule has 1 N–H and O–H groups in total. The maximum absolute atomic E-state index is 14.1. The van der Waals surface area contributed by atoms with Crippen LogP contribution in [0.2, 0.25) is 0 Å². The lowest BCUT2D eigenvalue weighted by atomic mass is 9.77. The first-order chi connectivity index (χ1) is 12.1. The Balaban J connectivity index is 1.76. The third-order valence-corrected chi connectivity index (χ3v) is 5.64. The third kappa shape index (κ3) is 4.09. The summed E-state index contributed by atoms with van der Waals surface area (Å²) in [6.45, 7) is 2.01. The second kappa shape index (κ2) is 8.09. The maximum Gasteiger partial charge on any atom is 0.130 e. The number of halogens is 2. The number of hydrogen-bond acceptors (Lipinski definition) is 1. The van der Waals surface area contributed by atoms with Gasteiger partial charge in [0.15, 0.2) is 0 Å². The Morgan fingerprint density at radius 1 is 0.920 bits per heavy atom. The first-order valence-corrected chi connectivity index (χ1v) is 9.31.